The predicted molar refractivity (Wildman–Crippen MR) is 81.4 cm³/mol. The molecule has 3 rings (SSSR count). The number of carbonyl (C=O) groups is 1. The summed E-state index contributed by atoms with van der Waals surface area (Å²) in [7, 11) is 0. The fraction of sp³-hybridized carbons (Fsp3) is 0.188. The molecule has 0 saturated carbocycles. The van der Waals surface area contributed by atoms with E-state index >= 15 is 0 Å². The summed E-state index contributed by atoms with van der Waals surface area (Å²) in [6.07, 6.45) is 1.75. The van der Waals surface area contributed by atoms with Gasteiger partial charge < -0.3 is 10.1 Å². The monoisotopic (exact) mass is 314 g/mol. The molecule has 6 nitrogen and oxygen atoms in total. The third-order valence-corrected chi connectivity index (χ3v) is 3.36. The molecule has 0 unspecified atom stereocenters. The molecule has 0 aliphatic heterocycles. The lowest BCUT2D eigenvalue weighted by molar-refractivity contribution is -0.123. The summed E-state index contributed by atoms with van der Waals surface area (Å²) in [5.74, 6) is -0.608. The van der Waals surface area contributed by atoms with Gasteiger partial charge in [-0.15, -0.1) is 5.10 Å². The van der Waals surface area contributed by atoms with Crippen LogP contribution in [0, 0.1) is 5.82 Å². The van der Waals surface area contributed by atoms with Crippen LogP contribution in [0.5, 0.6) is 6.01 Å². The number of pyridine rings is 1. The largest absolute Gasteiger partial charge is 0.453 e. The van der Waals surface area contributed by atoms with Gasteiger partial charge in [0.25, 0.3) is 5.91 Å². The van der Waals surface area contributed by atoms with Crippen LogP contribution in [0.25, 0.3) is 5.65 Å². The Bertz CT molecular complexity index is 816. The molecule has 0 bridgehead atoms. The van der Waals surface area contributed by atoms with Crippen LogP contribution in [-0.4, -0.2) is 27.1 Å². The van der Waals surface area contributed by atoms with Crippen LogP contribution in [0.1, 0.15) is 18.5 Å². The van der Waals surface area contributed by atoms with E-state index in [-0.39, 0.29) is 30.4 Å². The molecule has 1 N–H and O–H groups in total. The summed E-state index contributed by atoms with van der Waals surface area (Å²) in [4.78, 5) is 12.0. The molecule has 118 valence electrons. The molecule has 1 amide bonds. The molecule has 1 aromatic carbocycles. The second-order valence-corrected chi connectivity index (χ2v) is 5.04. The van der Waals surface area contributed by atoms with Crippen LogP contribution >= 0.6 is 0 Å². The van der Waals surface area contributed by atoms with E-state index in [0.717, 1.165) is 5.56 Å². The molecule has 0 aliphatic rings. The molecule has 0 fully saturated rings. The van der Waals surface area contributed by atoms with E-state index in [1.165, 1.54) is 12.1 Å². The molecule has 3 aromatic rings. The molecule has 23 heavy (non-hydrogen) atoms. The van der Waals surface area contributed by atoms with Gasteiger partial charge in [-0.3, -0.25) is 9.20 Å². The number of nitrogens with zero attached hydrogens (tertiary/aromatic N) is 3. The van der Waals surface area contributed by atoms with E-state index in [9.17, 15) is 9.18 Å². The Balaban J connectivity index is 1.58. The van der Waals surface area contributed by atoms with Gasteiger partial charge in [-0.05, 0) is 36.8 Å². The van der Waals surface area contributed by atoms with Crippen LogP contribution in [0.3, 0.4) is 0 Å². The third-order valence-electron chi connectivity index (χ3n) is 3.36. The van der Waals surface area contributed by atoms with Crippen LogP contribution in [-0.2, 0) is 4.79 Å². The quantitative estimate of drug-likeness (QED) is 0.783. The number of benzene rings is 1. The zero-order valence-electron chi connectivity index (χ0n) is 12.4. The number of halogens is 1. The number of nitrogens with one attached hydrogen (secondary N) is 1. The van der Waals surface area contributed by atoms with Crippen molar-refractivity contribution in [2.45, 2.75) is 13.0 Å². The average molecular weight is 314 g/mol. The van der Waals surface area contributed by atoms with Gasteiger partial charge in [0.2, 0.25) is 0 Å². The molecule has 0 aliphatic carbocycles. The molecule has 0 saturated heterocycles. The number of fused-ring (bicyclic) bond motifs is 1. The second-order valence-electron chi connectivity index (χ2n) is 5.04. The van der Waals surface area contributed by atoms with Crippen LogP contribution in [0.15, 0.2) is 48.7 Å². The van der Waals surface area contributed by atoms with Crippen molar-refractivity contribution in [1.29, 1.82) is 0 Å². The van der Waals surface area contributed by atoms with Gasteiger partial charge in [-0.1, -0.05) is 23.3 Å². The van der Waals surface area contributed by atoms with E-state index in [0.29, 0.717) is 5.65 Å². The van der Waals surface area contributed by atoms with Crippen molar-refractivity contribution in [1.82, 2.24) is 19.9 Å². The Morgan fingerprint density at radius 1 is 1.26 bits per heavy atom. The predicted octanol–water partition coefficient (Wildman–Crippen LogP) is 2.12. The highest BCUT2D eigenvalue weighted by atomic mass is 19.1. The first-order valence-electron chi connectivity index (χ1n) is 7.11. The van der Waals surface area contributed by atoms with Crippen molar-refractivity contribution in [3.8, 4) is 6.01 Å². The highest BCUT2D eigenvalue weighted by Crippen LogP contribution is 2.13. The summed E-state index contributed by atoms with van der Waals surface area (Å²) in [5, 5.41) is 10.6. The molecule has 7 heteroatoms. The molecule has 2 heterocycles. The zero-order valence-corrected chi connectivity index (χ0v) is 12.4. The molecule has 2 aromatic heterocycles. The minimum Gasteiger partial charge on any atom is -0.453 e. The fourth-order valence-corrected chi connectivity index (χ4v) is 2.17. The normalized spacial score (nSPS) is 12.1. The highest BCUT2D eigenvalue weighted by Gasteiger charge is 2.12. The maximum atomic E-state index is 12.9. The lowest BCUT2D eigenvalue weighted by Gasteiger charge is -2.14. The maximum Gasteiger partial charge on any atom is 0.322 e. The smallest absolute Gasteiger partial charge is 0.322 e. The van der Waals surface area contributed by atoms with Gasteiger partial charge in [0.05, 0.1) is 6.04 Å². The van der Waals surface area contributed by atoms with E-state index < -0.39 is 0 Å². The van der Waals surface area contributed by atoms with Gasteiger partial charge in [0.15, 0.2) is 12.3 Å². The van der Waals surface area contributed by atoms with E-state index in [1.54, 1.807) is 28.8 Å². The number of hydrogen-bond donors (Lipinski definition) is 1. The number of hydrogen-bond acceptors (Lipinski definition) is 4. The summed E-state index contributed by atoms with van der Waals surface area (Å²) in [5.41, 5.74) is 1.45. The lowest BCUT2D eigenvalue weighted by atomic mass is 10.1. The first kappa shape index (κ1) is 15.0. The number of rotatable bonds is 5. The van der Waals surface area contributed by atoms with Gasteiger partial charge >= 0.3 is 6.01 Å². The molecular weight excluding hydrogens is 299 g/mol. The Kier molecular flexibility index (Phi) is 4.18. The Morgan fingerprint density at radius 2 is 2.04 bits per heavy atom. The number of carbonyl (C=O) groups excluding carboxylic acids is 1. The Labute approximate surface area is 131 Å². The second kappa shape index (κ2) is 6.43. The van der Waals surface area contributed by atoms with E-state index in [2.05, 4.69) is 15.5 Å². The van der Waals surface area contributed by atoms with Crippen LogP contribution < -0.4 is 10.1 Å². The fourth-order valence-electron chi connectivity index (χ4n) is 2.17. The molecule has 1 atom stereocenters. The molecular formula is C16H15FN4O2. The van der Waals surface area contributed by atoms with Gasteiger partial charge in [-0.2, -0.15) is 0 Å². The third kappa shape index (κ3) is 3.45. The van der Waals surface area contributed by atoms with Crippen molar-refractivity contribution >= 4 is 11.6 Å². The number of amides is 1. The molecule has 0 radical (unpaired) electrons. The zero-order chi connectivity index (χ0) is 16.2. The van der Waals surface area contributed by atoms with Gasteiger partial charge in [0, 0.05) is 6.20 Å². The Hall–Kier alpha value is -2.96. The van der Waals surface area contributed by atoms with Crippen molar-refractivity contribution in [2.75, 3.05) is 6.61 Å². The van der Waals surface area contributed by atoms with Crippen LogP contribution in [0.2, 0.25) is 0 Å². The summed E-state index contributed by atoms with van der Waals surface area (Å²) >= 11 is 0. The van der Waals surface area contributed by atoms with Crippen molar-refractivity contribution in [3.63, 3.8) is 0 Å². The minimum absolute atomic E-state index is 0.179. The maximum absolute atomic E-state index is 12.9. The summed E-state index contributed by atoms with van der Waals surface area (Å²) in [6.45, 7) is 1.64. The average Bonchev–Trinajstić information content (AvgIpc) is 2.97. The van der Waals surface area contributed by atoms with E-state index in [1.807, 2.05) is 19.1 Å². The number of aromatic nitrogens is 3. The van der Waals surface area contributed by atoms with Crippen molar-refractivity contribution < 1.29 is 13.9 Å². The first-order valence-corrected chi connectivity index (χ1v) is 7.11. The number of ether oxygens (including phenoxy) is 1. The molecule has 0 spiro atoms. The van der Waals surface area contributed by atoms with Gasteiger partial charge in [-0.25, -0.2) is 4.39 Å². The SMILES string of the molecule is C[C@@H](NC(=O)COc1nnc2ccccn12)c1ccc(F)cc1. The topological polar surface area (TPSA) is 68.5 Å². The van der Waals surface area contributed by atoms with Crippen LogP contribution in [0.4, 0.5) is 4.39 Å². The summed E-state index contributed by atoms with van der Waals surface area (Å²) < 4.78 is 19.9. The van der Waals surface area contributed by atoms with Gasteiger partial charge in [0.1, 0.15) is 5.82 Å². The lowest BCUT2D eigenvalue weighted by Crippen LogP contribution is -2.31. The summed E-state index contributed by atoms with van der Waals surface area (Å²) in [6, 6.07) is 11.4. The van der Waals surface area contributed by atoms with Crippen molar-refractivity contribution in [2.24, 2.45) is 0 Å². The highest BCUT2D eigenvalue weighted by molar-refractivity contribution is 5.77. The van der Waals surface area contributed by atoms with Crippen molar-refractivity contribution in [3.05, 3.63) is 60.0 Å². The standard InChI is InChI=1S/C16H15FN4O2/c1-11(12-5-7-13(17)8-6-12)18-15(22)10-23-16-20-19-14-4-2-3-9-21(14)16/h2-9,11H,10H2,1H3,(H,18,22)/t11-/m1/s1. The minimum atomic E-state index is -0.311. The Morgan fingerprint density at radius 3 is 2.83 bits per heavy atom. The van der Waals surface area contributed by atoms with E-state index in [4.69, 9.17) is 4.74 Å². The first-order chi connectivity index (χ1) is 11.1.